The quantitative estimate of drug-likeness (QED) is 0.752. The third-order valence-corrected chi connectivity index (χ3v) is 4.41. The van der Waals surface area contributed by atoms with Crippen LogP contribution in [0.4, 0.5) is 0 Å². The van der Waals surface area contributed by atoms with Crippen molar-refractivity contribution in [2.24, 2.45) is 0 Å². The molecule has 25 heavy (non-hydrogen) atoms. The zero-order chi connectivity index (χ0) is 17.8. The first-order valence-corrected chi connectivity index (χ1v) is 8.55. The molecule has 0 unspecified atom stereocenters. The lowest BCUT2D eigenvalue weighted by Crippen LogP contribution is -2.33. The number of carbonyl (C=O) groups excluding carboxylic acids is 1. The van der Waals surface area contributed by atoms with Crippen molar-refractivity contribution in [2.45, 2.75) is 26.8 Å². The smallest absolute Gasteiger partial charge is 0.255 e. The average Bonchev–Trinajstić information content (AvgIpc) is 2.97. The number of rotatable bonds is 6. The van der Waals surface area contributed by atoms with Gasteiger partial charge in [-0.15, -0.1) is 0 Å². The number of aliphatic hydroxyl groups excluding tert-OH is 1. The summed E-state index contributed by atoms with van der Waals surface area (Å²) in [6.45, 7) is 4.80. The molecule has 3 aromatic rings. The lowest BCUT2D eigenvalue weighted by atomic mass is 10.2. The van der Waals surface area contributed by atoms with Crippen LogP contribution in [-0.2, 0) is 13.0 Å². The minimum Gasteiger partial charge on any atom is -0.395 e. The van der Waals surface area contributed by atoms with Crippen molar-refractivity contribution in [1.82, 2.24) is 14.3 Å². The van der Waals surface area contributed by atoms with Crippen LogP contribution in [0.15, 0.2) is 48.7 Å². The maximum absolute atomic E-state index is 13.0. The second kappa shape index (κ2) is 7.49. The Hall–Kier alpha value is -2.66. The van der Waals surface area contributed by atoms with E-state index < -0.39 is 0 Å². The molecular formula is C20H23N3O2. The number of aliphatic hydroxyl groups is 1. The van der Waals surface area contributed by atoms with Crippen LogP contribution in [0.5, 0.6) is 0 Å². The number of imidazole rings is 1. The fourth-order valence-corrected chi connectivity index (χ4v) is 3.03. The SMILES string of the molecule is CCc1nc2ccc(C(=O)N(CCO)Cc3ccccc3)cn2c1C. The van der Waals surface area contributed by atoms with E-state index in [1.807, 2.05) is 53.9 Å². The molecule has 0 spiro atoms. The molecule has 0 atom stereocenters. The fourth-order valence-electron chi connectivity index (χ4n) is 3.03. The van der Waals surface area contributed by atoms with Gasteiger partial charge in [-0.1, -0.05) is 37.3 Å². The van der Waals surface area contributed by atoms with Gasteiger partial charge in [0.25, 0.3) is 5.91 Å². The van der Waals surface area contributed by atoms with Crippen LogP contribution in [0, 0.1) is 6.92 Å². The van der Waals surface area contributed by atoms with E-state index in [0.29, 0.717) is 18.7 Å². The van der Waals surface area contributed by atoms with Gasteiger partial charge in [-0.25, -0.2) is 4.98 Å². The normalized spacial score (nSPS) is 11.0. The summed E-state index contributed by atoms with van der Waals surface area (Å²) in [6.07, 6.45) is 2.70. The number of hydrogen-bond acceptors (Lipinski definition) is 3. The summed E-state index contributed by atoms with van der Waals surface area (Å²) in [5.41, 5.74) is 4.59. The predicted octanol–water partition coefficient (Wildman–Crippen LogP) is 2.84. The number of fused-ring (bicyclic) bond motifs is 1. The van der Waals surface area contributed by atoms with Crippen LogP contribution in [0.3, 0.4) is 0 Å². The van der Waals surface area contributed by atoms with Gasteiger partial charge in [-0.3, -0.25) is 4.79 Å². The van der Waals surface area contributed by atoms with Gasteiger partial charge >= 0.3 is 0 Å². The summed E-state index contributed by atoms with van der Waals surface area (Å²) in [5, 5.41) is 9.35. The minimum absolute atomic E-state index is 0.0646. The molecule has 1 aromatic carbocycles. The van der Waals surface area contributed by atoms with Gasteiger partial charge in [0.15, 0.2) is 0 Å². The number of pyridine rings is 1. The Bertz CT molecular complexity index is 871. The highest BCUT2D eigenvalue weighted by molar-refractivity contribution is 5.94. The van der Waals surface area contributed by atoms with Crippen LogP contribution in [-0.4, -0.2) is 38.4 Å². The Balaban J connectivity index is 1.91. The molecule has 5 heteroatoms. The van der Waals surface area contributed by atoms with Gasteiger partial charge in [-0.05, 0) is 31.0 Å². The molecule has 2 aromatic heterocycles. The third kappa shape index (κ3) is 3.56. The molecule has 0 aliphatic heterocycles. The minimum atomic E-state index is -0.0917. The summed E-state index contributed by atoms with van der Waals surface area (Å²) < 4.78 is 1.96. The number of aromatic nitrogens is 2. The maximum Gasteiger partial charge on any atom is 0.255 e. The molecule has 0 fully saturated rings. The summed E-state index contributed by atoms with van der Waals surface area (Å²) in [4.78, 5) is 19.2. The van der Waals surface area contributed by atoms with E-state index >= 15 is 0 Å². The number of amides is 1. The van der Waals surface area contributed by atoms with E-state index in [1.165, 1.54) is 0 Å². The Labute approximate surface area is 147 Å². The van der Waals surface area contributed by atoms with Gasteiger partial charge < -0.3 is 14.4 Å². The van der Waals surface area contributed by atoms with Crippen LogP contribution in [0.25, 0.3) is 5.65 Å². The fraction of sp³-hybridized carbons (Fsp3) is 0.300. The Morgan fingerprint density at radius 1 is 1.20 bits per heavy atom. The van der Waals surface area contributed by atoms with Crippen molar-refractivity contribution in [3.63, 3.8) is 0 Å². The van der Waals surface area contributed by atoms with E-state index in [0.717, 1.165) is 29.0 Å². The van der Waals surface area contributed by atoms with E-state index in [4.69, 9.17) is 0 Å². The molecule has 130 valence electrons. The van der Waals surface area contributed by atoms with Crippen LogP contribution in [0.1, 0.15) is 34.2 Å². The number of aryl methyl sites for hydroxylation is 2. The standard InChI is InChI=1S/C20H23N3O2/c1-3-18-15(2)23-14-17(9-10-19(23)21-18)20(25)22(11-12-24)13-16-7-5-4-6-8-16/h4-10,14,24H,3,11-13H2,1-2H3. The molecule has 0 aliphatic rings. The van der Waals surface area contributed by atoms with E-state index in [1.54, 1.807) is 11.0 Å². The van der Waals surface area contributed by atoms with Crippen LogP contribution in [0.2, 0.25) is 0 Å². The maximum atomic E-state index is 13.0. The van der Waals surface area contributed by atoms with Crippen molar-refractivity contribution in [1.29, 1.82) is 0 Å². The second-order valence-corrected chi connectivity index (χ2v) is 6.08. The van der Waals surface area contributed by atoms with Gasteiger partial charge in [0.05, 0.1) is 17.9 Å². The average molecular weight is 337 g/mol. The number of benzene rings is 1. The first kappa shape index (κ1) is 17.2. The molecule has 0 saturated heterocycles. The number of hydrogen-bond donors (Lipinski definition) is 1. The lowest BCUT2D eigenvalue weighted by molar-refractivity contribution is 0.0707. The lowest BCUT2D eigenvalue weighted by Gasteiger charge is -2.22. The molecule has 0 bridgehead atoms. The molecule has 1 amide bonds. The molecule has 0 saturated carbocycles. The van der Waals surface area contributed by atoms with Gasteiger partial charge in [0, 0.05) is 25.0 Å². The van der Waals surface area contributed by atoms with Gasteiger partial charge in [-0.2, -0.15) is 0 Å². The van der Waals surface area contributed by atoms with Gasteiger partial charge in [0.2, 0.25) is 0 Å². The first-order valence-electron chi connectivity index (χ1n) is 8.55. The van der Waals surface area contributed by atoms with E-state index in [9.17, 15) is 9.90 Å². The van der Waals surface area contributed by atoms with Crippen molar-refractivity contribution in [3.05, 3.63) is 71.2 Å². The van der Waals surface area contributed by atoms with E-state index in [2.05, 4.69) is 11.9 Å². The largest absolute Gasteiger partial charge is 0.395 e. The zero-order valence-corrected chi connectivity index (χ0v) is 14.6. The summed E-state index contributed by atoms with van der Waals surface area (Å²) in [7, 11) is 0. The van der Waals surface area contributed by atoms with Crippen molar-refractivity contribution in [3.8, 4) is 0 Å². The second-order valence-electron chi connectivity index (χ2n) is 6.08. The molecule has 0 aliphatic carbocycles. The summed E-state index contributed by atoms with van der Waals surface area (Å²) in [5.74, 6) is -0.0917. The molecular weight excluding hydrogens is 314 g/mol. The predicted molar refractivity (Wildman–Crippen MR) is 97.6 cm³/mol. The molecule has 3 rings (SSSR count). The van der Waals surface area contributed by atoms with Crippen molar-refractivity contribution in [2.75, 3.05) is 13.2 Å². The van der Waals surface area contributed by atoms with Gasteiger partial charge in [0.1, 0.15) is 5.65 Å². The van der Waals surface area contributed by atoms with Crippen molar-refractivity contribution < 1.29 is 9.90 Å². The molecule has 2 heterocycles. The first-order chi connectivity index (χ1) is 12.1. The highest BCUT2D eigenvalue weighted by Gasteiger charge is 2.17. The number of nitrogens with zero attached hydrogens (tertiary/aromatic N) is 3. The molecule has 5 nitrogen and oxygen atoms in total. The van der Waals surface area contributed by atoms with E-state index in [-0.39, 0.29) is 12.5 Å². The number of carbonyl (C=O) groups is 1. The highest BCUT2D eigenvalue weighted by Crippen LogP contribution is 2.16. The topological polar surface area (TPSA) is 57.8 Å². The summed E-state index contributed by atoms with van der Waals surface area (Å²) >= 11 is 0. The van der Waals surface area contributed by atoms with Crippen LogP contribution >= 0.6 is 0 Å². The monoisotopic (exact) mass is 337 g/mol. The Morgan fingerprint density at radius 2 is 1.96 bits per heavy atom. The third-order valence-electron chi connectivity index (χ3n) is 4.41. The zero-order valence-electron chi connectivity index (χ0n) is 14.6. The van der Waals surface area contributed by atoms with Crippen molar-refractivity contribution >= 4 is 11.6 Å². The molecule has 0 radical (unpaired) electrons. The highest BCUT2D eigenvalue weighted by atomic mass is 16.3. The summed E-state index contributed by atoms with van der Waals surface area (Å²) in [6, 6.07) is 13.5. The van der Waals surface area contributed by atoms with Crippen LogP contribution < -0.4 is 0 Å². The Morgan fingerprint density at radius 3 is 2.64 bits per heavy atom. The molecule has 1 N–H and O–H groups in total. The Kier molecular flexibility index (Phi) is 5.14.